The van der Waals surface area contributed by atoms with Gasteiger partial charge in [0.2, 0.25) is 0 Å². The van der Waals surface area contributed by atoms with Gasteiger partial charge < -0.3 is 0 Å². The van der Waals surface area contributed by atoms with E-state index in [-0.39, 0.29) is 0 Å². The first-order chi connectivity index (χ1) is 5.11. The Labute approximate surface area is 74.9 Å². The van der Waals surface area contributed by atoms with Crippen LogP contribution >= 0.6 is 12.6 Å². The molecule has 11 heavy (non-hydrogen) atoms. The van der Waals surface area contributed by atoms with Gasteiger partial charge in [0.05, 0.1) is 0 Å². The van der Waals surface area contributed by atoms with E-state index in [0.717, 1.165) is 6.54 Å². The van der Waals surface area contributed by atoms with Gasteiger partial charge in [-0.2, -0.15) is 12.6 Å². The molecule has 1 saturated heterocycles. The SMILES string of the molecule is C=C(C)C1CCN(C(C)S)C1. The fraction of sp³-hybridized carbons (Fsp3) is 0.778. The van der Waals surface area contributed by atoms with E-state index < -0.39 is 0 Å². The number of likely N-dealkylation sites (tertiary alicyclic amines) is 1. The summed E-state index contributed by atoms with van der Waals surface area (Å²) in [4.78, 5) is 2.39. The molecule has 2 atom stereocenters. The van der Waals surface area contributed by atoms with Gasteiger partial charge >= 0.3 is 0 Å². The van der Waals surface area contributed by atoms with E-state index in [9.17, 15) is 0 Å². The second kappa shape index (κ2) is 3.63. The van der Waals surface area contributed by atoms with Crippen LogP contribution in [0, 0.1) is 5.92 Å². The second-order valence-electron chi connectivity index (χ2n) is 3.46. The van der Waals surface area contributed by atoms with Crippen molar-refractivity contribution in [2.75, 3.05) is 13.1 Å². The number of hydrogen-bond donors (Lipinski definition) is 1. The monoisotopic (exact) mass is 171 g/mol. The highest BCUT2D eigenvalue weighted by molar-refractivity contribution is 7.80. The van der Waals surface area contributed by atoms with E-state index in [4.69, 9.17) is 0 Å². The number of nitrogens with zero attached hydrogens (tertiary/aromatic N) is 1. The maximum Gasteiger partial charge on any atom is 0.0499 e. The minimum atomic E-state index is 0.402. The number of rotatable bonds is 2. The van der Waals surface area contributed by atoms with Crippen molar-refractivity contribution in [1.29, 1.82) is 0 Å². The van der Waals surface area contributed by atoms with Gasteiger partial charge in [0.1, 0.15) is 0 Å². The number of thiol groups is 1. The molecular formula is C9H17NS. The van der Waals surface area contributed by atoms with Gasteiger partial charge in [0.25, 0.3) is 0 Å². The van der Waals surface area contributed by atoms with Crippen LogP contribution in [0.4, 0.5) is 0 Å². The molecule has 0 amide bonds. The third kappa shape index (κ3) is 2.24. The molecule has 1 aliphatic heterocycles. The summed E-state index contributed by atoms with van der Waals surface area (Å²) in [6, 6.07) is 0. The summed E-state index contributed by atoms with van der Waals surface area (Å²) in [6.45, 7) is 10.6. The van der Waals surface area contributed by atoms with Crippen LogP contribution in [0.5, 0.6) is 0 Å². The molecule has 1 fully saturated rings. The van der Waals surface area contributed by atoms with Crippen molar-refractivity contribution in [3.8, 4) is 0 Å². The molecule has 0 aromatic heterocycles. The van der Waals surface area contributed by atoms with Crippen LogP contribution in [0.1, 0.15) is 20.3 Å². The molecule has 0 saturated carbocycles. The Morgan fingerprint density at radius 3 is 2.64 bits per heavy atom. The van der Waals surface area contributed by atoms with Gasteiger partial charge in [-0.15, -0.1) is 0 Å². The largest absolute Gasteiger partial charge is 0.291 e. The highest BCUT2D eigenvalue weighted by Crippen LogP contribution is 2.24. The maximum absolute atomic E-state index is 4.40. The fourth-order valence-electron chi connectivity index (χ4n) is 1.53. The lowest BCUT2D eigenvalue weighted by Gasteiger charge is -2.19. The summed E-state index contributed by atoms with van der Waals surface area (Å²) in [5.74, 6) is 0.713. The van der Waals surface area contributed by atoms with Crippen LogP contribution in [-0.4, -0.2) is 23.4 Å². The Balaban J connectivity index is 2.41. The van der Waals surface area contributed by atoms with Crippen molar-refractivity contribution in [3.05, 3.63) is 12.2 Å². The normalized spacial score (nSPS) is 28.8. The van der Waals surface area contributed by atoms with E-state index >= 15 is 0 Å². The molecule has 0 aromatic carbocycles. The molecule has 1 aliphatic rings. The first-order valence-corrected chi connectivity index (χ1v) is 4.70. The minimum absolute atomic E-state index is 0.402. The molecule has 0 aliphatic carbocycles. The smallest absolute Gasteiger partial charge is 0.0499 e. The van der Waals surface area contributed by atoms with Gasteiger partial charge in [-0.3, -0.25) is 4.90 Å². The van der Waals surface area contributed by atoms with Crippen LogP contribution in [0.3, 0.4) is 0 Å². The van der Waals surface area contributed by atoms with E-state index in [1.807, 2.05) is 0 Å². The third-order valence-electron chi connectivity index (χ3n) is 2.45. The zero-order valence-electron chi connectivity index (χ0n) is 7.38. The van der Waals surface area contributed by atoms with Crippen molar-refractivity contribution in [2.45, 2.75) is 25.6 Å². The first kappa shape index (κ1) is 9.14. The zero-order valence-corrected chi connectivity index (χ0v) is 8.27. The first-order valence-electron chi connectivity index (χ1n) is 4.18. The molecule has 2 unspecified atom stereocenters. The maximum atomic E-state index is 4.40. The Morgan fingerprint density at radius 2 is 2.36 bits per heavy atom. The lowest BCUT2D eigenvalue weighted by atomic mass is 10.0. The van der Waals surface area contributed by atoms with Gasteiger partial charge in [-0.05, 0) is 32.7 Å². The van der Waals surface area contributed by atoms with Crippen molar-refractivity contribution in [1.82, 2.24) is 4.90 Å². The highest BCUT2D eigenvalue weighted by atomic mass is 32.1. The molecule has 64 valence electrons. The lowest BCUT2D eigenvalue weighted by molar-refractivity contribution is 0.325. The Bertz CT molecular complexity index is 154. The Hall–Kier alpha value is 0.0500. The predicted molar refractivity (Wildman–Crippen MR) is 52.9 cm³/mol. The van der Waals surface area contributed by atoms with E-state index in [2.05, 4.69) is 38.0 Å². The van der Waals surface area contributed by atoms with Crippen LogP contribution in [0.2, 0.25) is 0 Å². The third-order valence-corrected chi connectivity index (χ3v) is 2.77. The molecule has 2 heteroatoms. The predicted octanol–water partition coefficient (Wildman–Crippen LogP) is 2.16. The quantitative estimate of drug-likeness (QED) is 0.492. The minimum Gasteiger partial charge on any atom is -0.291 e. The average molecular weight is 171 g/mol. The molecule has 0 spiro atoms. The van der Waals surface area contributed by atoms with Gasteiger partial charge in [-0.1, -0.05) is 12.2 Å². The highest BCUT2D eigenvalue weighted by Gasteiger charge is 2.24. The van der Waals surface area contributed by atoms with Crippen LogP contribution in [0.25, 0.3) is 0 Å². The zero-order chi connectivity index (χ0) is 8.43. The molecule has 1 nitrogen and oxygen atoms in total. The van der Waals surface area contributed by atoms with Crippen LogP contribution in [-0.2, 0) is 0 Å². The standard InChI is InChI=1S/C9H17NS/c1-7(2)9-4-5-10(6-9)8(3)11/h8-9,11H,1,4-6H2,2-3H3. The lowest BCUT2D eigenvalue weighted by Crippen LogP contribution is -2.26. The molecule has 0 radical (unpaired) electrons. The Kier molecular flexibility index (Phi) is 3.02. The Morgan fingerprint density at radius 1 is 1.73 bits per heavy atom. The van der Waals surface area contributed by atoms with Crippen molar-refractivity contribution in [3.63, 3.8) is 0 Å². The van der Waals surface area contributed by atoms with Crippen LogP contribution < -0.4 is 0 Å². The average Bonchev–Trinajstić information content (AvgIpc) is 2.33. The molecule has 1 heterocycles. The molecule has 0 bridgehead atoms. The van der Waals surface area contributed by atoms with E-state index in [1.165, 1.54) is 18.5 Å². The summed E-state index contributed by atoms with van der Waals surface area (Å²) in [5, 5.41) is 0.402. The van der Waals surface area contributed by atoms with Gasteiger partial charge in [0, 0.05) is 11.9 Å². The van der Waals surface area contributed by atoms with Crippen molar-refractivity contribution >= 4 is 12.6 Å². The van der Waals surface area contributed by atoms with Crippen LogP contribution in [0.15, 0.2) is 12.2 Å². The topological polar surface area (TPSA) is 3.24 Å². The van der Waals surface area contributed by atoms with E-state index in [1.54, 1.807) is 0 Å². The molecular weight excluding hydrogens is 154 g/mol. The van der Waals surface area contributed by atoms with Gasteiger partial charge in [-0.25, -0.2) is 0 Å². The van der Waals surface area contributed by atoms with Crippen molar-refractivity contribution < 1.29 is 0 Å². The van der Waals surface area contributed by atoms with E-state index in [0.29, 0.717) is 11.3 Å². The summed E-state index contributed by atoms with van der Waals surface area (Å²) in [6.07, 6.45) is 1.26. The van der Waals surface area contributed by atoms with Crippen molar-refractivity contribution in [2.24, 2.45) is 5.92 Å². The second-order valence-corrected chi connectivity index (χ2v) is 4.21. The molecule has 1 rings (SSSR count). The van der Waals surface area contributed by atoms with Gasteiger partial charge in [0.15, 0.2) is 0 Å². The number of hydrogen-bond acceptors (Lipinski definition) is 2. The summed E-state index contributed by atoms with van der Waals surface area (Å²) < 4.78 is 0. The molecule has 0 aromatic rings. The summed E-state index contributed by atoms with van der Waals surface area (Å²) >= 11 is 4.40. The fourth-order valence-corrected chi connectivity index (χ4v) is 1.74. The molecule has 0 N–H and O–H groups in total. The summed E-state index contributed by atoms with van der Waals surface area (Å²) in [7, 11) is 0. The summed E-state index contributed by atoms with van der Waals surface area (Å²) in [5.41, 5.74) is 1.32.